The Kier molecular flexibility index (Phi) is 7.57. The molecule has 3 rings (SSSR count). The zero-order chi connectivity index (χ0) is 22.6. The highest BCUT2D eigenvalue weighted by molar-refractivity contribution is 9.10. The molecule has 31 heavy (non-hydrogen) atoms. The van der Waals surface area contributed by atoms with E-state index in [0.29, 0.717) is 5.75 Å². The van der Waals surface area contributed by atoms with Crippen LogP contribution < -0.4 is 9.47 Å². The van der Waals surface area contributed by atoms with E-state index >= 15 is 0 Å². The number of hydrogen-bond acceptors (Lipinski definition) is 3. The molecule has 0 saturated carbocycles. The van der Waals surface area contributed by atoms with Crippen molar-refractivity contribution in [2.24, 2.45) is 0 Å². The molecular weight excluding hydrogens is 490 g/mol. The van der Waals surface area contributed by atoms with Crippen molar-refractivity contribution in [3.05, 3.63) is 86.9 Å². The van der Waals surface area contributed by atoms with Crippen LogP contribution in [0.5, 0.6) is 17.2 Å². The summed E-state index contributed by atoms with van der Waals surface area (Å²) < 4.78 is 45.9. The Morgan fingerprint density at radius 3 is 2.32 bits per heavy atom. The van der Waals surface area contributed by atoms with Gasteiger partial charge in [-0.1, -0.05) is 55.8 Å². The minimum atomic E-state index is -1.06. The molecule has 0 saturated heterocycles. The lowest BCUT2D eigenvalue weighted by Crippen LogP contribution is -2.27. The first-order valence-corrected chi connectivity index (χ1v) is 10.7. The molecule has 3 aromatic rings. The quantitative estimate of drug-likeness (QED) is 0.229. The molecule has 0 N–H and O–H groups in total. The number of hydrogen-bond donors (Lipinski definition) is 0. The maximum Gasteiger partial charge on any atom is 0.175 e. The molecule has 0 unspecified atom stereocenters. The van der Waals surface area contributed by atoms with Gasteiger partial charge >= 0.3 is 0 Å². The van der Waals surface area contributed by atoms with Crippen LogP contribution in [0.3, 0.4) is 0 Å². The molecule has 0 aliphatic rings. The zero-order valence-electron chi connectivity index (χ0n) is 17.3. The van der Waals surface area contributed by atoms with Crippen molar-refractivity contribution >= 4 is 27.5 Å². The van der Waals surface area contributed by atoms with Crippen molar-refractivity contribution in [1.29, 1.82) is 0 Å². The number of rotatable bonds is 8. The van der Waals surface area contributed by atoms with Crippen molar-refractivity contribution in [2.45, 2.75) is 25.9 Å². The summed E-state index contributed by atoms with van der Waals surface area (Å²) in [5, 5.41) is -0.0183. The lowest BCUT2D eigenvalue weighted by Gasteiger charge is -2.28. The van der Waals surface area contributed by atoms with E-state index in [-0.39, 0.29) is 34.0 Å². The Morgan fingerprint density at radius 1 is 0.968 bits per heavy atom. The van der Waals surface area contributed by atoms with Gasteiger partial charge in [-0.2, -0.15) is 0 Å². The average molecular weight is 512 g/mol. The van der Waals surface area contributed by atoms with Crippen LogP contribution in [0.4, 0.5) is 8.78 Å². The van der Waals surface area contributed by atoms with E-state index in [1.165, 1.54) is 7.11 Å². The van der Waals surface area contributed by atoms with Gasteiger partial charge in [0.25, 0.3) is 0 Å². The van der Waals surface area contributed by atoms with Gasteiger partial charge in [-0.3, -0.25) is 0 Å². The minimum Gasteiger partial charge on any atom is -0.495 e. The zero-order valence-corrected chi connectivity index (χ0v) is 19.7. The second kappa shape index (κ2) is 9.98. The molecule has 0 bridgehead atoms. The summed E-state index contributed by atoms with van der Waals surface area (Å²) in [6, 6.07) is 17.0. The smallest absolute Gasteiger partial charge is 0.175 e. The maximum absolute atomic E-state index is 14.8. The van der Waals surface area contributed by atoms with E-state index in [1.807, 2.05) is 54.6 Å². The van der Waals surface area contributed by atoms with Crippen LogP contribution in [-0.2, 0) is 16.8 Å². The Balaban J connectivity index is 1.73. The van der Waals surface area contributed by atoms with E-state index in [4.69, 9.17) is 25.8 Å². The third-order valence-corrected chi connectivity index (χ3v) is 6.05. The van der Waals surface area contributed by atoms with Crippen molar-refractivity contribution in [1.82, 2.24) is 0 Å². The van der Waals surface area contributed by atoms with Crippen LogP contribution >= 0.6 is 27.5 Å². The summed E-state index contributed by atoms with van der Waals surface area (Å²) in [5.41, 5.74) is 0.0113. The molecule has 0 heterocycles. The monoisotopic (exact) mass is 510 g/mol. The van der Waals surface area contributed by atoms with Gasteiger partial charge < -0.3 is 14.2 Å². The van der Waals surface area contributed by atoms with Crippen LogP contribution in [0, 0.1) is 11.6 Å². The summed E-state index contributed by atoms with van der Waals surface area (Å²) in [6.07, 6.45) is 0. The highest BCUT2D eigenvalue weighted by Gasteiger charge is 2.34. The van der Waals surface area contributed by atoms with Gasteiger partial charge in [0.15, 0.2) is 11.6 Å². The van der Waals surface area contributed by atoms with E-state index in [1.54, 1.807) is 13.8 Å². The SMILES string of the molecule is COc1c(Cl)c(Br)c(F)c(F)c1C(C)(C)COCc1cccc(Oc2ccccc2)c1. The Bertz CT molecular complexity index is 1060. The van der Waals surface area contributed by atoms with Crippen LogP contribution in [0.2, 0.25) is 5.02 Å². The molecule has 0 radical (unpaired) electrons. The van der Waals surface area contributed by atoms with E-state index < -0.39 is 17.0 Å². The predicted molar refractivity (Wildman–Crippen MR) is 121 cm³/mol. The normalized spacial score (nSPS) is 11.5. The van der Waals surface area contributed by atoms with Crippen LogP contribution in [0.15, 0.2) is 59.1 Å². The third kappa shape index (κ3) is 5.37. The van der Waals surface area contributed by atoms with Crippen LogP contribution in [-0.4, -0.2) is 13.7 Å². The molecule has 0 atom stereocenters. The molecule has 3 aromatic carbocycles. The summed E-state index contributed by atoms with van der Waals surface area (Å²) in [5.74, 6) is -0.571. The molecule has 7 heteroatoms. The van der Waals surface area contributed by atoms with Crippen molar-refractivity contribution in [2.75, 3.05) is 13.7 Å². The molecular formula is C24H22BrClF2O3. The highest BCUT2D eigenvalue weighted by Crippen LogP contribution is 2.44. The van der Waals surface area contributed by atoms with E-state index in [2.05, 4.69) is 15.9 Å². The first-order valence-electron chi connectivity index (χ1n) is 9.54. The van der Waals surface area contributed by atoms with Gasteiger partial charge in [0.05, 0.1) is 24.8 Å². The lowest BCUT2D eigenvalue weighted by atomic mass is 9.84. The Labute approximate surface area is 194 Å². The van der Waals surface area contributed by atoms with Crippen molar-refractivity contribution < 1.29 is 23.0 Å². The summed E-state index contributed by atoms with van der Waals surface area (Å²) in [7, 11) is 1.36. The van der Waals surface area contributed by atoms with Gasteiger partial charge in [-0.15, -0.1) is 0 Å². The molecule has 0 aliphatic heterocycles. The highest BCUT2D eigenvalue weighted by atomic mass is 79.9. The summed E-state index contributed by atoms with van der Waals surface area (Å²) in [6.45, 7) is 3.87. The Hall–Kier alpha value is -2.15. The van der Waals surface area contributed by atoms with Gasteiger partial charge in [0.1, 0.15) is 22.3 Å². The molecule has 0 aliphatic carbocycles. The third-order valence-electron chi connectivity index (χ3n) is 4.71. The summed E-state index contributed by atoms with van der Waals surface area (Å²) in [4.78, 5) is 0. The standard InChI is InChI=1S/C24H22BrClF2O3/c1-24(2,18-21(27)22(28)19(25)20(26)23(18)29-3)14-30-13-15-8-7-11-17(12-15)31-16-9-5-4-6-10-16/h4-12H,13-14H2,1-3H3. The van der Waals surface area contributed by atoms with Crippen molar-refractivity contribution in [3.63, 3.8) is 0 Å². The van der Waals surface area contributed by atoms with Gasteiger partial charge in [0, 0.05) is 11.0 Å². The number of para-hydroxylation sites is 1. The molecule has 0 amide bonds. The van der Waals surface area contributed by atoms with E-state index in [9.17, 15) is 8.78 Å². The maximum atomic E-state index is 14.8. The molecule has 0 fully saturated rings. The van der Waals surface area contributed by atoms with Crippen LogP contribution in [0.1, 0.15) is 25.0 Å². The van der Waals surface area contributed by atoms with Crippen LogP contribution in [0.25, 0.3) is 0 Å². The largest absolute Gasteiger partial charge is 0.495 e. The van der Waals surface area contributed by atoms with Crippen molar-refractivity contribution in [3.8, 4) is 17.2 Å². The lowest BCUT2D eigenvalue weighted by molar-refractivity contribution is 0.0799. The topological polar surface area (TPSA) is 27.7 Å². The molecule has 0 spiro atoms. The number of methoxy groups -OCH3 is 1. The summed E-state index contributed by atoms with van der Waals surface area (Å²) >= 11 is 9.13. The average Bonchev–Trinajstić information content (AvgIpc) is 2.75. The first kappa shape index (κ1) is 23.5. The number of ether oxygens (including phenoxy) is 3. The fourth-order valence-corrected chi connectivity index (χ4v) is 3.84. The fourth-order valence-electron chi connectivity index (χ4n) is 3.23. The number of halogens is 4. The molecule has 3 nitrogen and oxygen atoms in total. The second-order valence-corrected chi connectivity index (χ2v) is 8.77. The minimum absolute atomic E-state index is 0.0183. The van der Waals surface area contributed by atoms with Gasteiger partial charge in [0.2, 0.25) is 0 Å². The second-order valence-electron chi connectivity index (χ2n) is 7.60. The molecule has 0 aromatic heterocycles. The van der Waals surface area contributed by atoms with Gasteiger partial charge in [-0.25, -0.2) is 8.78 Å². The first-order chi connectivity index (χ1) is 14.7. The van der Waals surface area contributed by atoms with E-state index in [0.717, 1.165) is 11.3 Å². The van der Waals surface area contributed by atoms with Gasteiger partial charge in [-0.05, 0) is 45.8 Å². The number of benzene rings is 3. The fraction of sp³-hybridized carbons (Fsp3) is 0.250. The predicted octanol–water partition coefficient (Wildman–Crippen LogP) is 7.68. The molecule has 164 valence electrons. The Morgan fingerprint density at radius 2 is 1.65 bits per heavy atom.